The highest BCUT2D eigenvalue weighted by atomic mass is 16.1. The van der Waals surface area contributed by atoms with Crippen LogP contribution in [0, 0.1) is 13.8 Å². The lowest BCUT2D eigenvalue weighted by Crippen LogP contribution is -2.20. The lowest BCUT2D eigenvalue weighted by molar-refractivity contribution is -0.116. The number of aromatic nitrogens is 2. The van der Waals surface area contributed by atoms with Gasteiger partial charge in [0.25, 0.3) is 0 Å². The fourth-order valence-corrected chi connectivity index (χ4v) is 2.94. The van der Waals surface area contributed by atoms with Crippen LogP contribution < -0.4 is 5.32 Å². The number of para-hydroxylation sites is 2. The van der Waals surface area contributed by atoms with Crippen molar-refractivity contribution in [2.45, 2.75) is 40.2 Å². The average molecular weight is 321 g/mol. The maximum absolute atomic E-state index is 12.6. The SMILES string of the molecule is CCCc1nc2ccccc2n1CC(=O)Nc1cccc(C)c1C. The molecule has 124 valence electrons. The second-order valence-electron chi connectivity index (χ2n) is 6.15. The smallest absolute Gasteiger partial charge is 0.244 e. The number of imidazole rings is 1. The van der Waals surface area contributed by atoms with E-state index in [1.807, 2.05) is 60.9 Å². The molecule has 1 aromatic heterocycles. The van der Waals surface area contributed by atoms with Crippen LogP contribution in [0.15, 0.2) is 42.5 Å². The van der Waals surface area contributed by atoms with Crippen LogP contribution >= 0.6 is 0 Å². The number of hydrogen-bond acceptors (Lipinski definition) is 2. The lowest BCUT2D eigenvalue weighted by Gasteiger charge is -2.12. The number of rotatable bonds is 5. The summed E-state index contributed by atoms with van der Waals surface area (Å²) in [5.74, 6) is 0.944. The van der Waals surface area contributed by atoms with E-state index < -0.39 is 0 Å². The third kappa shape index (κ3) is 3.18. The summed E-state index contributed by atoms with van der Waals surface area (Å²) in [5, 5.41) is 3.04. The molecule has 0 unspecified atom stereocenters. The highest BCUT2D eigenvalue weighted by Crippen LogP contribution is 2.20. The zero-order chi connectivity index (χ0) is 17.1. The van der Waals surface area contributed by atoms with E-state index in [1.165, 1.54) is 5.56 Å². The van der Waals surface area contributed by atoms with Crippen LogP contribution in [-0.2, 0) is 17.8 Å². The third-order valence-corrected chi connectivity index (χ3v) is 4.39. The number of aryl methyl sites for hydroxylation is 2. The maximum atomic E-state index is 12.6. The molecule has 24 heavy (non-hydrogen) atoms. The van der Waals surface area contributed by atoms with E-state index in [2.05, 4.69) is 17.2 Å². The molecule has 3 rings (SSSR count). The van der Waals surface area contributed by atoms with Crippen molar-refractivity contribution in [3.05, 3.63) is 59.4 Å². The predicted molar refractivity (Wildman–Crippen MR) is 98.3 cm³/mol. The van der Waals surface area contributed by atoms with Gasteiger partial charge in [-0.2, -0.15) is 0 Å². The van der Waals surface area contributed by atoms with Gasteiger partial charge in [-0.3, -0.25) is 4.79 Å². The molecule has 0 atom stereocenters. The Labute approximate surface area is 142 Å². The quantitative estimate of drug-likeness (QED) is 0.764. The van der Waals surface area contributed by atoms with Crippen LogP contribution in [-0.4, -0.2) is 15.5 Å². The van der Waals surface area contributed by atoms with Gasteiger partial charge in [0, 0.05) is 12.1 Å². The van der Waals surface area contributed by atoms with Gasteiger partial charge in [-0.05, 0) is 49.6 Å². The molecule has 1 amide bonds. The van der Waals surface area contributed by atoms with Crippen LogP contribution in [0.2, 0.25) is 0 Å². The molecular formula is C20H23N3O. The van der Waals surface area contributed by atoms with Gasteiger partial charge in [-0.1, -0.05) is 31.2 Å². The lowest BCUT2D eigenvalue weighted by atomic mass is 10.1. The summed E-state index contributed by atoms with van der Waals surface area (Å²) in [5.41, 5.74) is 5.11. The molecule has 0 aliphatic heterocycles. The van der Waals surface area contributed by atoms with Crippen molar-refractivity contribution in [1.82, 2.24) is 9.55 Å². The van der Waals surface area contributed by atoms with Gasteiger partial charge in [-0.15, -0.1) is 0 Å². The van der Waals surface area contributed by atoms with E-state index in [0.717, 1.165) is 41.0 Å². The summed E-state index contributed by atoms with van der Waals surface area (Å²) >= 11 is 0. The van der Waals surface area contributed by atoms with Crippen molar-refractivity contribution in [2.24, 2.45) is 0 Å². The van der Waals surface area contributed by atoms with Crippen molar-refractivity contribution in [1.29, 1.82) is 0 Å². The van der Waals surface area contributed by atoms with Crippen molar-refractivity contribution in [3.63, 3.8) is 0 Å². The van der Waals surface area contributed by atoms with Gasteiger partial charge in [0.1, 0.15) is 12.4 Å². The topological polar surface area (TPSA) is 46.9 Å². The van der Waals surface area contributed by atoms with Crippen LogP contribution in [0.1, 0.15) is 30.3 Å². The third-order valence-electron chi connectivity index (χ3n) is 4.39. The summed E-state index contributed by atoms with van der Waals surface area (Å²) in [7, 11) is 0. The molecule has 0 aliphatic rings. The fourth-order valence-electron chi connectivity index (χ4n) is 2.94. The van der Waals surface area contributed by atoms with Gasteiger partial charge >= 0.3 is 0 Å². The van der Waals surface area contributed by atoms with E-state index in [1.54, 1.807) is 0 Å². The molecule has 0 radical (unpaired) electrons. The number of fused-ring (bicyclic) bond motifs is 1. The summed E-state index contributed by atoms with van der Waals surface area (Å²) in [6, 6.07) is 13.9. The number of benzene rings is 2. The number of amides is 1. The second kappa shape index (κ2) is 6.87. The van der Waals surface area contributed by atoms with E-state index in [9.17, 15) is 4.79 Å². The Morgan fingerprint density at radius 1 is 1.12 bits per heavy atom. The molecule has 1 N–H and O–H groups in total. The highest BCUT2D eigenvalue weighted by Gasteiger charge is 2.13. The Morgan fingerprint density at radius 3 is 2.71 bits per heavy atom. The zero-order valence-electron chi connectivity index (χ0n) is 14.5. The van der Waals surface area contributed by atoms with Crippen LogP contribution in [0.3, 0.4) is 0 Å². The van der Waals surface area contributed by atoms with Crippen molar-refractivity contribution < 1.29 is 4.79 Å². The first kappa shape index (κ1) is 16.2. The molecule has 4 heteroatoms. The minimum atomic E-state index is -0.0239. The van der Waals surface area contributed by atoms with Crippen LogP contribution in [0.25, 0.3) is 11.0 Å². The molecule has 4 nitrogen and oxygen atoms in total. The van der Waals surface area contributed by atoms with E-state index in [-0.39, 0.29) is 12.5 Å². The van der Waals surface area contributed by atoms with Crippen LogP contribution in [0.5, 0.6) is 0 Å². The molecular weight excluding hydrogens is 298 g/mol. The summed E-state index contributed by atoms with van der Waals surface area (Å²) < 4.78 is 2.03. The Bertz CT molecular complexity index is 880. The van der Waals surface area contributed by atoms with E-state index in [4.69, 9.17) is 0 Å². The van der Waals surface area contributed by atoms with Crippen molar-refractivity contribution in [3.8, 4) is 0 Å². The van der Waals surface area contributed by atoms with Crippen molar-refractivity contribution in [2.75, 3.05) is 5.32 Å². The Hall–Kier alpha value is -2.62. The zero-order valence-corrected chi connectivity index (χ0v) is 14.5. The first-order valence-electron chi connectivity index (χ1n) is 8.40. The Morgan fingerprint density at radius 2 is 1.92 bits per heavy atom. The molecule has 0 bridgehead atoms. The number of hydrogen-bond donors (Lipinski definition) is 1. The number of nitrogens with one attached hydrogen (secondary N) is 1. The number of nitrogens with zero attached hydrogens (tertiary/aromatic N) is 2. The van der Waals surface area contributed by atoms with Gasteiger partial charge in [0.2, 0.25) is 5.91 Å². The molecule has 0 spiro atoms. The Balaban J connectivity index is 1.87. The molecule has 0 aliphatic carbocycles. The molecule has 0 saturated carbocycles. The van der Waals surface area contributed by atoms with Crippen molar-refractivity contribution >= 4 is 22.6 Å². The molecule has 0 saturated heterocycles. The maximum Gasteiger partial charge on any atom is 0.244 e. The van der Waals surface area contributed by atoms with Gasteiger partial charge in [0.15, 0.2) is 0 Å². The second-order valence-corrected chi connectivity index (χ2v) is 6.15. The summed E-state index contributed by atoms with van der Waals surface area (Å²) in [6.07, 6.45) is 1.87. The molecule has 1 heterocycles. The minimum absolute atomic E-state index is 0.0239. The predicted octanol–water partition coefficient (Wildman–Crippen LogP) is 4.24. The molecule has 2 aromatic carbocycles. The van der Waals surface area contributed by atoms with E-state index in [0.29, 0.717) is 0 Å². The average Bonchev–Trinajstić information content (AvgIpc) is 2.90. The van der Waals surface area contributed by atoms with Gasteiger partial charge < -0.3 is 9.88 Å². The summed E-state index contributed by atoms with van der Waals surface area (Å²) in [4.78, 5) is 17.3. The Kier molecular flexibility index (Phi) is 4.65. The highest BCUT2D eigenvalue weighted by molar-refractivity contribution is 5.92. The summed E-state index contributed by atoms with van der Waals surface area (Å²) in [6.45, 7) is 6.48. The monoisotopic (exact) mass is 321 g/mol. The van der Waals surface area contributed by atoms with E-state index >= 15 is 0 Å². The first-order chi connectivity index (χ1) is 11.6. The molecule has 3 aromatic rings. The fraction of sp³-hybridized carbons (Fsp3) is 0.300. The van der Waals surface area contributed by atoms with Gasteiger partial charge in [-0.25, -0.2) is 4.98 Å². The van der Waals surface area contributed by atoms with Crippen LogP contribution in [0.4, 0.5) is 5.69 Å². The standard InChI is InChI=1S/C20H23N3O/c1-4-8-19-21-17-10-5-6-12-18(17)23(19)13-20(24)22-16-11-7-9-14(2)15(16)3/h5-7,9-12H,4,8,13H2,1-3H3,(H,22,24). The number of carbonyl (C=O) groups excluding carboxylic acids is 1. The van der Waals surface area contributed by atoms with Gasteiger partial charge in [0.05, 0.1) is 11.0 Å². The minimum Gasteiger partial charge on any atom is -0.324 e. The number of anilines is 1. The first-order valence-corrected chi connectivity index (χ1v) is 8.40. The number of carbonyl (C=O) groups is 1. The largest absolute Gasteiger partial charge is 0.324 e. The normalized spacial score (nSPS) is 11.0. The molecule has 0 fully saturated rings.